The molecule has 0 saturated heterocycles. The number of amides is 3. The molecular weight excluding hydrogens is 474 g/mol. The van der Waals surface area contributed by atoms with Crippen LogP contribution in [0.5, 0.6) is 0 Å². The van der Waals surface area contributed by atoms with Crippen LogP contribution in [0.1, 0.15) is 38.2 Å². The first-order chi connectivity index (χ1) is 16.2. The monoisotopic (exact) mass is 503 g/mol. The number of carbonyl (C=O) groups excluding carboxylic acids is 3. The van der Waals surface area contributed by atoms with Crippen LogP contribution in [0.15, 0.2) is 48.5 Å². The van der Waals surface area contributed by atoms with E-state index in [1.54, 1.807) is 43.3 Å². The first kappa shape index (κ1) is 25.9. The minimum atomic E-state index is -1.75. The second-order valence-corrected chi connectivity index (χ2v) is 10.4. The van der Waals surface area contributed by atoms with E-state index in [0.717, 1.165) is 31.2 Å². The van der Waals surface area contributed by atoms with Gasteiger partial charge in [-0.3, -0.25) is 23.5 Å². The van der Waals surface area contributed by atoms with E-state index in [1.807, 2.05) is 19.1 Å². The lowest BCUT2D eigenvalue weighted by molar-refractivity contribution is -0.125. The molecule has 3 amide bonds. The van der Waals surface area contributed by atoms with Gasteiger partial charge in [-0.25, -0.2) is 0 Å². The van der Waals surface area contributed by atoms with Gasteiger partial charge in [-0.05, 0) is 63.1 Å². The van der Waals surface area contributed by atoms with E-state index in [-0.39, 0.29) is 23.5 Å². The summed E-state index contributed by atoms with van der Waals surface area (Å²) in [6, 6.07) is 13.1. The predicted molar refractivity (Wildman–Crippen MR) is 136 cm³/mol. The van der Waals surface area contributed by atoms with Gasteiger partial charge < -0.3 is 10.6 Å². The van der Waals surface area contributed by atoms with Crippen molar-refractivity contribution in [1.82, 2.24) is 5.32 Å². The fraction of sp³-hybridized carbons (Fsp3) is 0.400. The van der Waals surface area contributed by atoms with E-state index in [2.05, 4.69) is 10.6 Å². The number of aryl methyl sites for hydroxylation is 1. The minimum Gasteiger partial charge on any atom is -0.352 e. The minimum absolute atomic E-state index is 0.108. The number of nitrogens with zero attached hydrogens (tertiary/aromatic N) is 1. The zero-order valence-electron chi connectivity index (χ0n) is 19.4. The molecule has 1 aliphatic rings. The summed E-state index contributed by atoms with van der Waals surface area (Å²) < 4.78 is 12.7. The molecule has 3 rings (SSSR count). The SMILES string of the molecule is Cc1ccc(NC(=O)C[S@@](=O)CC(=O)N(c2ccc(Cl)cc2)[C@@H](C)C(=O)NC2CCCC2)cc1. The predicted octanol–water partition coefficient (Wildman–Crippen LogP) is 3.82. The lowest BCUT2D eigenvalue weighted by Gasteiger charge is -2.29. The largest absolute Gasteiger partial charge is 0.352 e. The van der Waals surface area contributed by atoms with Gasteiger partial charge in [-0.2, -0.15) is 0 Å². The summed E-state index contributed by atoms with van der Waals surface area (Å²) >= 11 is 5.99. The van der Waals surface area contributed by atoms with E-state index in [9.17, 15) is 18.6 Å². The summed E-state index contributed by atoms with van der Waals surface area (Å²) in [5.74, 6) is -1.92. The van der Waals surface area contributed by atoms with Crippen LogP contribution in [0.4, 0.5) is 11.4 Å². The Morgan fingerprint density at radius 1 is 1.03 bits per heavy atom. The highest BCUT2D eigenvalue weighted by Gasteiger charge is 2.30. The van der Waals surface area contributed by atoms with Crippen molar-refractivity contribution in [1.29, 1.82) is 0 Å². The molecule has 2 N–H and O–H groups in total. The highest BCUT2D eigenvalue weighted by molar-refractivity contribution is 7.86. The molecule has 1 fully saturated rings. The highest BCUT2D eigenvalue weighted by atomic mass is 35.5. The van der Waals surface area contributed by atoms with Gasteiger partial charge in [-0.15, -0.1) is 0 Å². The molecule has 0 unspecified atom stereocenters. The fourth-order valence-corrected chi connectivity index (χ4v) is 4.94. The molecule has 1 aliphatic carbocycles. The van der Waals surface area contributed by atoms with Crippen LogP contribution >= 0.6 is 11.6 Å². The van der Waals surface area contributed by atoms with Crippen LogP contribution in [-0.2, 0) is 25.2 Å². The van der Waals surface area contributed by atoms with E-state index in [0.29, 0.717) is 16.4 Å². The van der Waals surface area contributed by atoms with Gasteiger partial charge >= 0.3 is 0 Å². The molecule has 34 heavy (non-hydrogen) atoms. The summed E-state index contributed by atoms with van der Waals surface area (Å²) in [5.41, 5.74) is 2.13. The van der Waals surface area contributed by atoms with E-state index in [4.69, 9.17) is 11.6 Å². The quantitative estimate of drug-likeness (QED) is 0.543. The molecule has 0 aromatic heterocycles. The number of hydrogen-bond donors (Lipinski definition) is 2. The van der Waals surface area contributed by atoms with Crippen LogP contribution in [-0.4, -0.2) is 45.5 Å². The first-order valence-electron chi connectivity index (χ1n) is 11.3. The molecule has 7 nitrogen and oxygen atoms in total. The Labute approximate surface area is 207 Å². The Hall–Kier alpha value is -2.71. The second kappa shape index (κ2) is 12.1. The smallest absolute Gasteiger partial charge is 0.243 e. The zero-order valence-corrected chi connectivity index (χ0v) is 21.0. The Morgan fingerprint density at radius 2 is 1.65 bits per heavy atom. The van der Waals surface area contributed by atoms with Crippen molar-refractivity contribution in [2.24, 2.45) is 0 Å². The second-order valence-electron chi connectivity index (χ2n) is 8.55. The molecule has 1 saturated carbocycles. The molecule has 0 radical (unpaired) electrons. The Balaban J connectivity index is 1.66. The maximum Gasteiger partial charge on any atom is 0.243 e. The Bertz CT molecular complexity index is 1040. The number of hydrogen-bond acceptors (Lipinski definition) is 4. The van der Waals surface area contributed by atoms with Gasteiger partial charge in [0.1, 0.15) is 17.5 Å². The van der Waals surface area contributed by atoms with E-state index in [1.165, 1.54) is 4.90 Å². The van der Waals surface area contributed by atoms with Gasteiger partial charge in [-0.1, -0.05) is 42.1 Å². The molecule has 2 aromatic rings. The van der Waals surface area contributed by atoms with Crippen LogP contribution < -0.4 is 15.5 Å². The highest BCUT2D eigenvalue weighted by Crippen LogP contribution is 2.22. The molecule has 182 valence electrons. The normalized spacial score (nSPS) is 15.4. The zero-order chi connectivity index (χ0) is 24.7. The third kappa shape index (κ3) is 7.40. The maximum absolute atomic E-state index is 13.2. The van der Waals surface area contributed by atoms with Crippen molar-refractivity contribution >= 4 is 51.5 Å². The molecular formula is C25H30ClN3O4S. The standard InChI is InChI=1S/C25H30ClN3O4S/c1-17-7-11-21(12-8-17)27-23(30)15-34(33)16-24(31)29(22-13-9-19(26)10-14-22)18(2)25(32)28-20-5-3-4-6-20/h7-14,18,20H,3-6,15-16H2,1-2H3,(H,27,30)(H,28,32)/t18-,34+/m0/s1. The van der Waals surface area contributed by atoms with Gasteiger partial charge in [0, 0.05) is 33.2 Å². The van der Waals surface area contributed by atoms with E-state index >= 15 is 0 Å². The molecule has 2 aromatic carbocycles. The lowest BCUT2D eigenvalue weighted by Crippen LogP contribution is -2.51. The van der Waals surface area contributed by atoms with Crippen molar-refractivity contribution in [3.8, 4) is 0 Å². The number of rotatable bonds is 9. The molecule has 0 spiro atoms. The van der Waals surface area contributed by atoms with Crippen molar-refractivity contribution in [3.05, 3.63) is 59.1 Å². The molecule has 9 heteroatoms. The summed E-state index contributed by atoms with van der Waals surface area (Å²) in [7, 11) is -1.75. The summed E-state index contributed by atoms with van der Waals surface area (Å²) in [5, 5.41) is 6.20. The van der Waals surface area contributed by atoms with Crippen molar-refractivity contribution in [2.45, 2.75) is 51.6 Å². The van der Waals surface area contributed by atoms with Crippen LogP contribution in [0.2, 0.25) is 5.02 Å². The number of benzene rings is 2. The van der Waals surface area contributed by atoms with Gasteiger partial charge in [0.2, 0.25) is 17.7 Å². The number of halogens is 1. The topological polar surface area (TPSA) is 95.6 Å². The third-order valence-electron chi connectivity index (χ3n) is 5.75. The summed E-state index contributed by atoms with van der Waals surface area (Å²) in [6.07, 6.45) is 3.99. The van der Waals surface area contributed by atoms with Crippen LogP contribution in [0.25, 0.3) is 0 Å². The summed E-state index contributed by atoms with van der Waals surface area (Å²) in [4.78, 5) is 39.7. The van der Waals surface area contributed by atoms with Crippen LogP contribution in [0.3, 0.4) is 0 Å². The van der Waals surface area contributed by atoms with Gasteiger partial charge in [0.15, 0.2) is 0 Å². The lowest BCUT2D eigenvalue weighted by atomic mass is 10.1. The van der Waals surface area contributed by atoms with Gasteiger partial charge in [0.05, 0.1) is 0 Å². The summed E-state index contributed by atoms with van der Waals surface area (Å²) in [6.45, 7) is 3.58. The Kier molecular flexibility index (Phi) is 9.24. The number of anilines is 2. The maximum atomic E-state index is 13.2. The molecule has 0 bridgehead atoms. The van der Waals surface area contributed by atoms with Gasteiger partial charge in [0.25, 0.3) is 0 Å². The average Bonchev–Trinajstić information content (AvgIpc) is 3.29. The molecule has 0 aliphatic heterocycles. The van der Waals surface area contributed by atoms with Crippen molar-refractivity contribution in [2.75, 3.05) is 21.7 Å². The number of carbonyl (C=O) groups is 3. The molecule has 0 heterocycles. The van der Waals surface area contributed by atoms with Crippen LogP contribution in [0, 0.1) is 6.92 Å². The van der Waals surface area contributed by atoms with Crippen molar-refractivity contribution < 1.29 is 18.6 Å². The fourth-order valence-electron chi connectivity index (χ4n) is 3.93. The van der Waals surface area contributed by atoms with E-state index < -0.39 is 28.7 Å². The molecule has 2 atom stereocenters. The third-order valence-corrected chi connectivity index (χ3v) is 7.16. The average molecular weight is 504 g/mol. The Morgan fingerprint density at radius 3 is 2.26 bits per heavy atom. The van der Waals surface area contributed by atoms with Crippen molar-refractivity contribution in [3.63, 3.8) is 0 Å². The first-order valence-corrected chi connectivity index (χ1v) is 13.2. The number of nitrogens with one attached hydrogen (secondary N) is 2.